The summed E-state index contributed by atoms with van der Waals surface area (Å²) in [5.74, 6) is 0.136. The van der Waals surface area contributed by atoms with Crippen LogP contribution in [0.3, 0.4) is 0 Å². The van der Waals surface area contributed by atoms with Crippen molar-refractivity contribution in [3.05, 3.63) is 48.0 Å². The van der Waals surface area contributed by atoms with Gasteiger partial charge in [-0.1, -0.05) is 39.0 Å². The molecule has 1 fully saturated rings. The molecule has 0 spiro atoms. The molecule has 0 radical (unpaired) electrons. The molecule has 2 aromatic rings. The topological polar surface area (TPSA) is 51.0 Å². The monoisotopic (exact) mass is 326 g/mol. The van der Waals surface area contributed by atoms with E-state index in [1.165, 1.54) is 0 Å². The maximum Gasteiger partial charge on any atom is 0.254 e. The maximum absolute atomic E-state index is 13.2. The number of rotatable bonds is 4. The molecule has 2 heterocycles. The van der Waals surface area contributed by atoms with Gasteiger partial charge in [0.25, 0.3) is 5.91 Å². The Kier molecular flexibility index (Phi) is 4.69. The van der Waals surface area contributed by atoms with Crippen molar-refractivity contribution in [2.75, 3.05) is 13.1 Å². The van der Waals surface area contributed by atoms with Crippen molar-refractivity contribution in [3.8, 4) is 0 Å². The average Bonchev–Trinajstić information content (AvgIpc) is 3.16. The van der Waals surface area contributed by atoms with Crippen molar-refractivity contribution in [2.45, 2.75) is 51.5 Å². The summed E-state index contributed by atoms with van der Waals surface area (Å²) in [5.41, 5.74) is 1.97. The molecule has 1 saturated heterocycles. The fourth-order valence-electron chi connectivity index (χ4n) is 3.38. The third kappa shape index (κ3) is 3.21. The molecule has 1 unspecified atom stereocenters. The first-order valence-corrected chi connectivity index (χ1v) is 8.76. The zero-order chi connectivity index (χ0) is 17.2. The molecule has 0 saturated carbocycles. The minimum absolute atomic E-state index is 0.00660. The molecular weight excluding hydrogens is 300 g/mol. The van der Waals surface area contributed by atoms with Crippen molar-refractivity contribution in [1.29, 1.82) is 0 Å². The summed E-state index contributed by atoms with van der Waals surface area (Å²) in [6.07, 6.45) is 6.33. The fourth-order valence-corrected chi connectivity index (χ4v) is 3.38. The van der Waals surface area contributed by atoms with Crippen LogP contribution in [0.2, 0.25) is 0 Å². The molecule has 1 aromatic carbocycles. The Labute approximate surface area is 143 Å². The standard InChI is InChI=1S/C19H26N4O/c1-4-19(2,3)17-10-6-5-9-16(17)18(24)22-11-7-8-15(12-22)23-14-20-13-21-23/h5-6,9-10,13-15H,4,7-8,11-12H2,1-3H3. The van der Waals surface area contributed by atoms with Crippen molar-refractivity contribution >= 4 is 5.91 Å². The number of benzene rings is 1. The van der Waals surface area contributed by atoms with Gasteiger partial charge in [0, 0.05) is 18.7 Å². The zero-order valence-electron chi connectivity index (χ0n) is 14.8. The highest BCUT2D eigenvalue weighted by molar-refractivity contribution is 5.96. The molecule has 1 amide bonds. The predicted octanol–water partition coefficient (Wildman–Crippen LogP) is 3.44. The van der Waals surface area contributed by atoms with Crippen LogP contribution in [-0.2, 0) is 5.41 Å². The minimum Gasteiger partial charge on any atom is -0.336 e. The number of nitrogens with zero attached hydrogens (tertiary/aromatic N) is 4. The van der Waals surface area contributed by atoms with Gasteiger partial charge in [-0.15, -0.1) is 0 Å². The predicted molar refractivity (Wildman–Crippen MR) is 94.0 cm³/mol. The molecule has 1 aliphatic heterocycles. The molecule has 0 bridgehead atoms. The molecule has 1 atom stereocenters. The highest BCUT2D eigenvalue weighted by Crippen LogP contribution is 2.31. The van der Waals surface area contributed by atoms with Gasteiger partial charge in [-0.3, -0.25) is 4.79 Å². The normalized spacial score (nSPS) is 18.6. The second kappa shape index (κ2) is 6.75. The first-order valence-electron chi connectivity index (χ1n) is 8.76. The van der Waals surface area contributed by atoms with Gasteiger partial charge in [-0.25, -0.2) is 9.67 Å². The first-order chi connectivity index (χ1) is 11.5. The lowest BCUT2D eigenvalue weighted by atomic mass is 9.79. The molecule has 0 N–H and O–H groups in total. The molecule has 5 nitrogen and oxygen atoms in total. The Balaban J connectivity index is 1.84. The number of carbonyl (C=O) groups excluding carboxylic acids is 1. The summed E-state index contributed by atoms with van der Waals surface area (Å²) < 4.78 is 1.88. The average molecular weight is 326 g/mol. The van der Waals surface area contributed by atoms with E-state index in [9.17, 15) is 4.79 Å². The Morgan fingerprint density at radius 2 is 2.12 bits per heavy atom. The lowest BCUT2D eigenvalue weighted by Crippen LogP contribution is -2.41. The summed E-state index contributed by atoms with van der Waals surface area (Å²) in [6.45, 7) is 8.08. The number of amides is 1. The third-order valence-corrected chi connectivity index (χ3v) is 5.26. The van der Waals surface area contributed by atoms with E-state index in [2.05, 4.69) is 36.9 Å². The maximum atomic E-state index is 13.2. The van der Waals surface area contributed by atoms with E-state index in [1.807, 2.05) is 27.8 Å². The van der Waals surface area contributed by atoms with E-state index in [0.717, 1.165) is 36.9 Å². The summed E-state index contributed by atoms with van der Waals surface area (Å²) in [5, 5.41) is 4.24. The summed E-state index contributed by atoms with van der Waals surface area (Å²) in [7, 11) is 0. The molecule has 1 aliphatic rings. The summed E-state index contributed by atoms with van der Waals surface area (Å²) in [4.78, 5) is 19.2. The lowest BCUT2D eigenvalue weighted by Gasteiger charge is -2.34. The van der Waals surface area contributed by atoms with E-state index >= 15 is 0 Å². The quantitative estimate of drug-likeness (QED) is 0.865. The van der Waals surface area contributed by atoms with Gasteiger partial charge < -0.3 is 4.90 Å². The van der Waals surface area contributed by atoms with Gasteiger partial charge in [-0.2, -0.15) is 5.10 Å². The highest BCUT2D eigenvalue weighted by Gasteiger charge is 2.30. The number of likely N-dealkylation sites (tertiary alicyclic amines) is 1. The first kappa shape index (κ1) is 16.7. The summed E-state index contributed by atoms with van der Waals surface area (Å²) in [6, 6.07) is 8.26. The molecular formula is C19H26N4O. The summed E-state index contributed by atoms with van der Waals surface area (Å²) >= 11 is 0. The molecule has 3 rings (SSSR count). The van der Waals surface area contributed by atoms with Gasteiger partial charge in [0.05, 0.1) is 6.04 Å². The lowest BCUT2D eigenvalue weighted by molar-refractivity contribution is 0.0670. The second-order valence-corrected chi connectivity index (χ2v) is 7.21. The van der Waals surface area contributed by atoms with Crippen LogP contribution < -0.4 is 0 Å². The Morgan fingerprint density at radius 3 is 2.83 bits per heavy atom. The van der Waals surface area contributed by atoms with Crippen molar-refractivity contribution in [2.24, 2.45) is 0 Å². The van der Waals surface area contributed by atoms with Crippen LogP contribution in [-0.4, -0.2) is 38.7 Å². The van der Waals surface area contributed by atoms with Gasteiger partial charge in [0.15, 0.2) is 0 Å². The Hall–Kier alpha value is -2.17. The van der Waals surface area contributed by atoms with Crippen LogP contribution in [0.15, 0.2) is 36.9 Å². The zero-order valence-corrected chi connectivity index (χ0v) is 14.8. The molecule has 5 heteroatoms. The van der Waals surface area contributed by atoms with Gasteiger partial charge in [0.2, 0.25) is 0 Å². The number of aromatic nitrogens is 3. The highest BCUT2D eigenvalue weighted by atomic mass is 16.2. The van der Waals surface area contributed by atoms with Crippen LogP contribution in [0.5, 0.6) is 0 Å². The van der Waals surface area contributed by atoms with Crippen molar-refractivity contribution < 1.29 is 4.79 Å². The van der Waals surface area contributed by atoms with E-state index in [0.29, 0.717) is 6.54 Å². The molecule has 24 heavy (non-hydrogen) atoms. The van der Waals surface area contributed by atoms with Crippen LogP contribution in [0.4, 0.5) is 0 Å². The number of hydrogen-bond donors (Lipinski definition) is 0. The molecule has 128 valence electrons. The van der Waals surface area contributed by atoms with E-state index in [1.54, 1.807) is 12.7 Å². The second-order valence-electron chi connectivity index (χ2n) is 7.21. The van der Waals surface area contributed by atoms with Crippen molar-refractivity contribution in [1.82, 2.24) is 19.7 Å². The largest absolute Gasteiger partial charge is 0.336 e. The van der Waals surface area contributed by atoms with Gasteiger partial charge in [-0.05, 0) is 36.3 Å². The van der Waals surface area contributed by atoms with Crippen LogP contribution in [0.1, 0.15) is 62.0 Å². The van der Waals surface area contributed by atoms with E-state index in [-0.39, 0.29) is 17.4 Å². The van der Waals surface area contributed by atoms with E-state index in [4.69, 9.17) is 0 Å². The van der Waals surface area contributed by atoms with Crippen molar-refractivity contribution in [3.63, 3.8) is 0 Å². The van der Waals surface area contributed by atoms with Gasteiger partial charge in [0.1, 0.15) is 12.7 Å². The Bertz CT molecular complexity index is 693. The SMILES string of the molecule is CCC(C)(C)c1ccccc1C(=O)N1CCCC(n2cncn2)C1. The molecule has 0 aliphatic carbocycles. The number of hydrogen-bond acceptors (Lipinski definition) is 3. The van der Waals surface area contributed by atoms with Crippen LogP contribution >= 0.6 is 0 Å². The number of carbonyl (C=O) groups is 1. The van der Waals surface area contributed by atoms with Crippen LogP contribution in [0, 0.1) is 0 Å². The Morgan fingerprint density at radius 1 is 1.33 bits per heavy atom. The van der Waals surface area contributed by atoms with Gasteiger partial charge >= 0.3 is 0 Å². The van der Waals surface area contributed by atoms with E-state index < -0.39 is 0 Å². The third-order valence-electron chi connectivity index (χ3n) is 5.26. The molecule has 1 aromatic heterocycles. The minimum atomic E-state index is -0.00660. The smallest absolute Gasteiger partial charge is 0.254 e. The fraction of sp³-hybridized carbons (Fsp3) is 0.526. The number of piperidine rings is 1. The van der Waals surface area contributed by atoms with Crippen LogP contribution in [0.25, 0.3) is 0 Å².